The molecule has 35 heavy (non-hydrogen) atoms. The Morgan fingerprint density at radius 1 is 0.714 bits per heavy atom. The Hall–Kier alpha value is -1.20. The van der Waals surface area contributed by atoms with Crippen LogP contribution in [0.1, 0.15) is 90.9 Å². The van der Waals surface area contributed by atoms with Crippen molar-refractivity contribution < 1.29 is 41.4 Å². The van der Waals surface area contributed by atoms with Crippen LogP contribution in [0, 0.1) is 10.8 Å². The Morgan fingerprint density at radius 2 is 1.11 bits per heavy atom. The van der Waals surface area contributed by atoms with Crippen LogP contribution in [0.5, 0.6) is 0 Å². The lowest BCUT2D eigenvalue weighted by Gasteiger charge is -2.38. The number of rotatable bonds is 8. The number of carboxylic acids is 2. The Labute approximate surface area is 209 Å². The van der Waals surface area contributed by atoms with Crippen molar-refractivity contribution in [1.82, 2.24) is 0 Å². The van der Waals surface area contributed by atoms with Crippen molar-refractivity contribution in [1.29, 1.82) is 0 Å². The summed E-state index contributed by atoms with van der Waals surface area (Å²) in [6.07, 6.45) is 8.17. The zero-order valence-corrected chi connectivity index (χ0v) is 22.7. The quantitative estimate of drug-likeness (QED) is 0.473. The first kappa shape index (κ1) is 30.0. The largest absolute Gasteiger partial charge is 0.481 e. The molecule has 1 heterocycles. The summed E-state index contributed by atoms with van der Waals surface area (Å²) in [4.78, 5) is 22.9. The van der Waals surface area contributed by atoms with Crippen LogP contribution in [0.2, 0.25) is 0 Å². The molecule has 11 heteroatoms. The minimum absolute atomic E-state index is 0.0298. The van der Waals surface area contributed by atoms with Gasteiger partial charge in [0.05, 0.1) is 27.1 Å². The lowest BCUT2D eigenvalue weighted by Crippen LogP contribution is -2.48. The Kier molecular flexibility index (Phi) is 10.2. The van der Waals surface area contributed by atoms with Crippen molar-refractivity contribution in [2.75, 3.05) is 30.5 Å². The Bertz CT molecular complexity index is 935. The van der Waals surface area contributed by atoms with Gasteiger partial charge in [0.25, 0.3) is 0 Å². The fourth-order valence-electron chi connectivity index (χ4n) is 5.47. The molecule has 3 aliphatic rings. The molecule has 0 radical (unpaired) electrons. The molecule has 0 unspecified atom stereocenters. The fourth-order valence-corrected chi connectivity index (χ4v) is 9.21. The highest BCUT2D eigenvalue weighted by Gasteiger charge is 2.49. The molecule has 0 aromatic rings. The summed E-state index contributed by atoms with van der Waals surface area (Å²) in [6, 6.07) is 0. The van der Waals surface area contributed by atoms with E-state index in [1.807, 2.05) is 0 Å². The van der Waals surface area contributed by atoms with Crippen molar-refractivity contribution in [2.45, 2.75) is 95.6 Å². The highest BCUT2D eigenvalue weighted by Crippen LogP contribution is 2.42. The molecule has 3 fully saturated rings. The summed E-state index contributed by atoms with van der Waals surface area (Å²) in [7, 11) is -6.65. The van der Waals surface area contributed by atoms with E-state index in [4.69, 9.17) is 4.74 Å². The summed E-state index contributed by atoms with van der Waals surface area (Å²) in [5.74, 6) is -2.27. The highest BCUT2D eigenvalue weighted by molar-refractivity contribution is 7.92. The average Bonchev–Trinajstić information content (AvgIpc) is 2.80. The fraction of sp³-hybridized carbons (Fsp3) is 0.917. The maximum Gasteiger partial charge on any atom is 0.310 e. The third-order valence-electron chi connectivity index (χ3n) is 8.23. The van der Waals surface area contributed by atoms with E-state index in [0.717, 1.165) is 38.5 Å². The molecule has 0 aromatic heterocycles. The summed E-state index contributed by atoms with van der Waals surface area (Å²) in [6.45, 7) is 4.18. The molecular weight excluding hydrogens is 496 g/mol. The van der Waals surface area contributed by atoms with Gasteiger partial charge in [-0.1, -0.05) is 45.4 Å². The van der Waals surface area contributed by atoms with Crippen LogP contribution in [-0.2, 0) is 34.0 Å². The van der Waals surface area contributed by atoms with Gasteiger partial charge in [0.15, 0.2) is 19.7 Å². The lowest BCUT2D eigenvalue weighted by atomic mass is 9.76. The molecule has 0 aromatic carbocycles. The smallest absolute Gasteiger partial charge is 0.310 e. The summed E-state index contributed by atoms with van der Waals surface area (Å²) in [5.41, 5.74) is -2.08. The van der Waals surface area contributed by atoms with Crippen molar-refractivity contribution in [3.63, 3.8) is 0 Å². The molecule has 2 N–H and O–H groups in total. The molecule has 204 valence electrons. The molecular formula is C24H42O9S2. The summed E-state index contributed by atoms with van der Waals surface area (Å²) < 4.78 is 53.0. The first-order valence-electron chi connectivity index (χ1n) is 12.7. The van der Waals surface area contributed by atoms with E-state index in [1.165, 1.54) is 0 Å². The monoisotopic (exact) mass is 538 g/mol. The van der Waals surface area contributed by atoms with Crippen LogP contribution >= 0.6 is 0 Å². The highest BCUT2D eigenvalue weighted by atomic mass is 32.2. The van der Waals surface area contributed by atoms with Gasteiger partial charge in [0.1, 0.15) is 0 Å². The topological polar surface area (TPSA) is 152 Å². The molecule has 9 nitrogen and oxygen atoms in total. The Balaban J connectivity index is 0.000000258. The number of ether oxygens (including phenoxy) is 1. The SMILES string of the molecule is CC1(S(=O)(=O)CC2(C(=O)O)CCCCC2)CCOCC1.CCS(=O)(=O)CC1(C(=O)O)CCCCC1. The molecule has 1 saturated heterocycles. The van der Waals surface area contributed by atoms with Gasteiger partial charge in [-0.05, 0) is 45.4 Å². The van der Waals surface area contributed by atoms with E-state index in [2.05, 4.69) is 0 Å². The second-order valence-electron chi connectivity index (χ2n) is 10.8. The average molecular weight is 539 g/mol. The van der Waals surface area contributed by atoms with E-state index in [1.54, 1.807) is 13.8 Å². The molecule has 2 saturated carbocycles. The lowest BCUT2D eigenvalue weighted by molar-refractivity contribution is -0.150. The van der Waals surface area contributed by atoms with Gasteiger partial charge in [-0.3, -0.25) is 9.59 Å². The minimum Gasteiger partial charge on any atom is -0.481 e. The molecule has 0 spiro atoms. The van der Waals surface area contributed by atoms with E-state index in [9.17, 15) is 36.6 Å². The van der Waals surface area contributed by atoms with Crippen LogP contribution in [-0.4, -0.2) is 74.2 Å². The maximum absolute atomic E-state index is 12.8. The third kappa shape index (κ3) is 7.41. The van der Waals surface area contributed by atoms with E-state index < -0.39 is 47.2 Å². The second-order valence-corrected chi connectivity index (χ2v) is 15.6. The zero-order valence-electron chi connectivity index (χ0n) is 21.1. The van der Waals surface area contributed by atoms with E-state index >= 15 is 0 Å². The van der Waals surface area contributed by atoms with Crippen LogP contribution in [0.15, 0.2) is 0 Å². The molecule has 0 amide bonds. The molecule has 1 aliphatic heterocycles. The predicted octanol–water partition coefficient (Wildman–Crippen LogP) is 3.46. The minimum atomic E-state index is -3.45. The van der Waals surface area contributed by atoms with Crippen LogP contribution < -0.4 is 0 Å². The van der Waals surface area contributed by atoms with E-state index in [0.29, 0.717) is 51.7 Å². The second kappa shape index (κ2) is 11.9. The standard InChI is InChI=1S/C14H24O5S.C10H18O4S/c1-13(7-9-19-10-8-13)20(17,18)11-14(12(15)16)5-3-2-4-6-14;1-2-15(13,14)8-10(9(11)12)6-4-3-5-7-10/h2-11H2,1H3,(H,15,16);2-8H2,1H3,(H,11,12). The van der Waals surface area contributed by atoms with Crippen molar-refractivity contribution in [3.05, 3.63) is 0 Å². The predicted molar refractivity (Wildman–Crippen MR) is 133 cm³/mol. The van der Waals surface area contributed by atoms with E-state index in [-0.39, 0.29) is 17.3 Å². The van der Waals surface area contributed by atoms with Gasteiger partial charge in [-0.15, -0.1) is 0 Å². The molecule has 3 rings (SSSR count). The van der Waals surface area contributed by atoms with Gasteiger partial charge >= 0.3 is 11.9 Å². The number of carboxylic acid groups (broad SMARTS) is 2. The zero-order chi connectivity index (χ0) is 26.4. The van der Waals surface area contributed by atoms with Gasteiger partial charge in [-0.25, -0.2) is 16.8 Å². The van der Waals surface area contributed by atoms with Crippen molar-refractivity contribution in [3.8, 4) is 0 Å². The number of hydrogen-bond donors (Lipinski definition) is 2. The number of sulfone groups is 2. The maximum atomic E-state index is 12.8. The van der Waals surface area contributed by atoms with Gasteiger partial charge in [0.2, 0.25) is 0 Å². The van der Waals surface area contributed by atoms with Crippen molar-refractivity contribution in [2.24, 2.45) is 10.8 Å². The van der Waals surface area contributed by atoms with Gasteiger partial charge < -0.3 is 14.9 Å². The normalized spacial score (nSPS) is 23.9. The Morgan fingerprint density at radius 3 is 1.49 bits per heavy atom. The number of hydrogen-bond acceptors (Lipinski definition) is 7. The first-order valence-corrected chi connectivity index (χ1v) is 16.2. The summed E-state index contributed by atoms with van der Waals surface area (Å²) >= 11 is 0. The van der Waals surface area contributed by atoms with Crippen molar-refractivity contribution >= 4 is 31.6 Å². The molecule has 0 atom stereocenters. The van der Waals surface area contributed by atoms with Crippen LogP contribution in [0.4, 0.5) is 0 Å². The number of carbonyl (C=O) groups is 2. The number of aliphatic carboxylic acids is 2. The van der Waals surface area contributed by atoms with Crippen LogP contribution in [0.25, 0.3) is 0 Å². The van der Waals surface area contributed by atoms with Crippen LogP contribution in [0.3, 0.4) is 0 Å². The van der Waals surface area contributed by atoms with Gasteiger partial charge in [0, 0.05) is 19.0 Å². The van der Waals surface area contributed by atoms with Gasteiger partial charge in [-0.2, -0.15) is 0 Å². The molecule has 0 bridgehead atoms. The molecule has 2 aliphatic carbocycles. The summed E-state index contributed by atoms with van der Waals surface area (Å²) in [5, 5.41) is 18.7. The first-order chi connectivity index (χ1) is 16.2. The third-order valence-corrected chi connectivity index (χ3v) is 12.9.